The zero-order chi connectivity index (χ0) is 18.7. The van der Waals surface area contributed by atoms with E-state index in [0.29, 0.717) is 15.3 Å². The van der Waals surface area contributed by atoms with Crippen LogP contribution in [0.3, 0.4) is 0 Å². The van der Waals surface area contributed by atoms with Crippen LogP contribution in [0, 0.1) is 11.6 Å². The summed E-state index contributed by atoms with van der Waals surface area (Å²) >= 11 is 2.61. The number of carbonyl (C=O) groups excluding carboxylic acids is 1. The molecule has 0 atom stereocenters. The van der Waals surface area contributed by atoms with Crippen molar-refractivity contribution in [1.82, 2.24) is 4.72 Å². The summed E-state index contributed by atoms with van der Waals surface area (Å²) in [5, 5.41) is 3.55. The highest BCUT2D eigenvalue weighted by molar-refractivity contribution is 7.88. The first-order valence-corrected chi connectivity index (χ1v) is 10.8. The van der Waals surface area contributed by atoms with Gasteiger partial charge in [-0.05, 0) is 41.8 Å². The van der Waals surface area contributed by atoms with Gasteiger partial charge in [-0.1, -0.05) is 0 Å². The molecule has 0 bridgehead atoms. The number of halogens is 2. The molecule has 3 rings (SSSR count). The lowest BCUT2D eigenvalue weighted by Crippen LogP contribution is -2.24. The minimum absolute atomic E-state index is 0.0269. The van der Waals surface area contributed by atoms with Crippen molar-refractivity contribution in [1.29, 1.82) is 0 Å². The predicted molar refractivity (Wildman–Crippen MR) is 97.9 cm³/mol. The maximum absolute atomic E-state index is 13.6. The monoisotopic (exact) mass is 413 g/mol. The molecule has 0 radical (unpaired) electrons. The van der Waals surface area contributed by atoms with Gasteiger partial charge >= 0.3 is 0 Å². The van der Waals surface area contributed by atoms with E-state index in [-0.39, 0.29) is 17.9 Å². The molecule has 0 aliphatic heterocycles. The molecule has 0 unspecified atom stereocenters. The van der Waals surface area contributed by atoms with E-state index in [0.717, 1.165) is 18.2 Å². The van der Waals surface area contributed by atoms with Crippen molar-refractivity contribution in [3.63, 3.8) is 0 Å². The molecule has 3 aromatic rings. The van der Waals surface area contributed by atoms with Crippen LogP contribution in [0.2, 0.25) is 0 Å². The van der Waals surface area contributed by atoms with Crippen LogP contribution in [-0.2, 0) is 22.3 Å². The molecule has 4 nitrogen and oxygen atoms in total. The first kappa shape index (κ1) is 18.8. The highest BCUT2D eigenvalue weighted by Crippen LogP contribution is 2.21. The molecule has 0 saturated heterocycles. The van der Waals surface area contributed by atoms with Crippen LogP contribution in [0.25, 0.3) is 0 Å². The van der Waals surface area contributed by atoms with Gasteiger partial charge in [0.15, 0.2) is 0 Å². The zero-order valence-corrected chi connectivity index (χ0v) is 15.7. The Balaban J connectivity index is 1.65. The fraction of sp³-hybridized carbons (Fsp3) is 0.118. The molecular formula is C17H13F2NO3S3. The Labute approximate surface area is 157 Å². The van der Waals surface area contributed by atoms with E-state index in [1.54, 1.807) is 29.0 Å². The molecule has 0 aliphatic rings. The van der Waals surface area contributed by atoms with E-state index in [1.807, 2.05) is 0 Å². The Morgan fingerprint density at radius 3 is 2.65 bits per heavy atom. The fourth-order valence-electron chi connectivity index (χ4n) is 2.22. The number of sulfonamides is 1. The smallest absolute Gasteiger partial charge is 0.216 e. The molecule has 136 valence electrons. The number of ketones is 1. The van der Waals surface area contributed by atoms with E-state index in [2.05, 4.69) is 4.72 Å². The summed E-state index contributed by atoms with van der Waals surface area (Å²) in [6.45, 7) is -0.0269. The van der Waals surface area contributed by atoms with Crippen LogP contribution in [0.1, 0.15) is 25.7 Å². The van der Waals surface area contributed by atoms with Gasteiger partial charge in [0.25, 0.3) is 0 Å². The average Bonchev–Trinajstić information content (AvgIpc) is 3.27. The molecule has 26 heavy (non-hydrogen) atoms. The van der Waals surface area contributed by atoms with Crippen LogP contribution in [0.4, 0.5) is 8.78 Å². The van der Waals surface area contributed by atoms with Crippen LogP contribution >= 0.6 is 22.7 Å². The van der Waals surface area contributed by atoms with Crippen molar-refractivity contribution in [2.45, 2.75) is 12.3 Å². The maximum atomic E-state index is 13.6. The number of rotatable bonds is 7. The van der Waals surface area contributed by atoms with E-state index >= 15 is 0 Å². The molecule has 0 saturated carbocycles. The highest BCUT2D eigenvalue weighted by atomic mass is 32.2. The van der Waals surface area contributed by atoms with Gasteiger partial charge in [0.2, 0.25) is 15.8 Å². The standard InChI is InChI=1S/C17H13F2NO3S3/c18-13-1-3-15(19)12(7-13)10-26(22,23)20-8-14-2-4-16(25-14)17(21)11-5-6-24-9-11/h1-7,9,20H,8,10H2. The Morgan fingerprint density at radius 2 is 1.92 bits per heavy atom. The molecule has 2 heterocycles. The fourth-order valence-corrected chi connectivity index (χ4v) is 4.97. The molecule has 0 amide bonds. The number of carbonyl (C=O) groups is 1. The lowest BCUT2D eigenvalue weighted by atomic mass is 10.2. The summed E-state index contributed by atoms with van der Waals surface area (Å²) in [6, 6.07) is 7.70. The number of hydrogen-bond acceptors (Lipinski definition) is 5. The second-order valence-electron chi connectivity index (χ2n) is 5.42. The van der Waals surface area contributed by atoms with Crippen molar-refractivity contribution in [2.24, 2.45) is 0 Å². The third-order valence-corrected chi connectivity index (χ3v) is 6.53. The van der Waals surface area contributed by atoms with Crippen LogP contribution in [-0.4, -0.2) is 14.2 Å². The number of thiophene rings is 2. The third-order valence-electron chi connectivity index (χ3n) is 3.49. The van der Waals surface area contributed by atoms with Crippen LogP contribution in [0.5, 0.6) is 0 Å². The molecule has 2 aromatic heterocycles. The first-order chi connectivity index (χ1) is 12.3. The van der Waals surface area contributed by atoms with Gasteiger partial charge in [0.05, 0.1) is 10.6 Å². The lowest BCUT2D eigenvalue weighted by Gasteiger charge is -2.07. The Morgan fingerprint density at radius 1 is 1.12 bits per heavy atom. The SMILES string of the molecule is O=C(c1ccsc1)c1ccc(CNS(=O)(=O)Cc2cc(F)ccc2F)s1. The Kier molecular flexibility index (Phi) is 5.61. The van der Waals surface area contributed by atoms with E-state index < -0.39 is 27.4 Å². The van der Waals surface area contributed by atoms with Crippen molar-refractivity contribution in [2.75, 3.05) is 0 Å². The van der Waals surface area contributed by atoms with Gasteiger partial charge in [-0.25, -0.2) is 21.9 Å². The topological polar surface area (TPSA) is 63.2 Å². The van der Waals surface area contributed by atoms with E-state index in [9.17, 15) is 22.0 Å². The van der Waals surface area contributed by atoms with Crippen molar-refractivity contribution < 1.29 is 22.0 Å². The number of nitrogens with one attached hydrogen (secondary N) is 1. The van der Waals surface area contributed by atoms with E-state index in [4.69, 9.17) is 0 Å². The third kappa shape index (κ3) is 4.61. The maximum Gasteiger partial charge on any atom is 0.216 e. The van der Waals surface area contributed by atoms with Gasteiger partial charge in [-0.3, -0.25) is 4.79 Å². The van der Waals surface area contributed by atoms with Gasteiger partial charge in [0.1, 0.15) is 11.6 Å². The predicted octanol–water partition coefficient (Wildman–Crippen LogP) is 3.94. The largest absolute Gasteiger partial charge is 0.288 e. The summed E-state index contributed by atoms with van der Waals surface area (Å²) in [4.78, 5) is 13.4. The van der Waals surface area contributed by atoms with Crippen molar-refractivity contribution in [3.05, 3.63) is 79.7 Å². The zero-order valence-electron chi connectivity index (χ0n) is 13.2. The number of benzene rings is 1. The summed E-state index contributed by atoms with van der Waals surface area (Å²) in [6.07, 6.45) is 0. The van der Waals surface area contributed by atoms with Gasteiger partial charge in [-0.2, -0.15) is 11.3 Å². The molecule has 0 fully saturated rings. The van der Waals surface area contributed by atoms with Crippen LogP contribution < -0.4 is 4.72 Å². The molecular weight excluding hydrogens is 400 g/mol. The molecule has 0 spiro atoms. The Bertz CT molecular complexity index is 1030. The number of hydrogen-bond donors (Lipinski definition) is 1. The summed E-state index contributed by atoms with van der Waals surface area (Å²) in [5.41, 5.74) is 0.350. The summed E-state index contributed by atoms with van der Waals surface area (Å²) in [7, 11) is -3.86. The van der Waals surface area contributed by atoms with Crippen molar-refractivity contribution in [3.8, 4) is 0 Å². The molecule has 0 aliphatic carbocycles. The average molecular weight is 413 g/mol. The van der Waals surface area contributed by atoms with Crippen LogP contribution in [0.15, 0.2) is 47.2 Å². The molecule has 9 heteroatoms. The lowest BCUT2D eigenvalue weighted by molar-refractivity contribution is 0.104. The Hall–Kier alpha value is -1.94. The minimum atomic E-state index is -3.86. The first-order valence-electron chi connectivity index (χ1n) is 7.41. The summed E-state index contributed by atoms with van der Waals surface area (Å²) < 4.78 is 53.3. The van der Waals surface area contributed by atoms with Gasteiger partial charge < -0.3 is 0 Å². The van der Waals surface area contributed by atoms with Gasteiger partial charge in [-0.15, -0.1) is 11.3 Å². The summed E-state index contributed by atoms with van der Waals surface area (Å²) in [5.74, 6) is -2.27. The quantitative estimate of drug-likeness (QED) is 0.597. The molecule has 1 N–H and O–H groups in total. The minimum Gasteiger partial charge on any atom is -0.288 e. The molecule has 1 aromatic carbocycles. The second-order valence-corrected chi connectivity index (χ2v) is 9.18. The van der Waals surface area contributed by atoms with E-state index in [1.165, 1.54) is 22.7 Å². The highest BCUT2D eigenvalue weighted by Gasteiger charge is 2.17. The second kappa shape index (κ2) is 7.75. The van der Waals surface area contributed by atoms with Crippen molar-refractivity contribution >= 4 is 38.5 Å². The normalized spacial score (nSPS) is 11.6. The van der Waals surface area contributed by atoms with Gasteiger partial charge in [0, 0.05) is 27.9 Å².